The first-order valence-electron chi connectivity index (χ1n) is 9.68. The molecule has 0 aliphatic carbocycles. The molecule has 0 saturated heterocycles. The number of rotatable bonds is 9. The second kappa shape index (κ2) is 11.2. The lowest BCUT2D eigenvalue weighted by atomic mass is 10.1. The van der Waals surface area contributed by atoms with Crippen molar-refractivity contribution in [3.8, 4) is 0 Å². The third kappa shape index (κ3) is 7.00. The Bertz CT molecular complexity index is 1100. The predicted molar refractivity (Wildman–Crippen MR) is 129 cm³/mol. The third-order valence-corrected chi connectivity index (χ3v) is 6.52. The van der Waals surface area contributed by atoms with Crippen molar-refractivity contribution in [2.24, 2.45) is 0 Å². The summed E-state index contributed by atoms with van der Waals surface area (Å²) in [7, 11) is -3.88. The molecule has 0 aromatic heterocycles. The Morgan fingerprint density at radius 1 is 1.06 bits per heavy atom. The van der Waals surface area contributed by atoms with Gasteiger partial charge in [-0.05, 0) is 49.7 Å². The molecular formula is C21H24Cl3N3O4S. The third-order valence-electron chi connectivity index (χ3n) is 4.62. The van der Waals surface area contributed by atoms with Gasteiger partial charge in [-0.15, -0.1) is 0 Å². The normalized spacial score (nSPS) is 12.2. The van der Waals surface area contributed by atoms with E-state index in [1.54, 1.807) is 38.1 Å². The van der Waals surface area contributed by atoms with E-state index in [1.807, 2.05) is 0 Å². The Balaban J connectivity index is 2.42. The standard InChI is InChI=1S/C21H24Cl3N3O4S/c1-4-25-21(29)14(2)26(12-15-6-5-7-16(22)10-15)20(28)13-27(32(3,30)31)19-9-8-17(23)11-18(19)24/h5-11,14H,4,12-13H2,1-3H3,(H,25,29)/t14-/m1/s1. The van der Waals surface area contributed by atoms with Crippen molar-refractivity contribution < 1.29 is 18.0 Å². The van der Waals surface area contributed by atoms with Gasteiger partial charge in [-0.25, -0.2) is 8.42 Å². The van der Waals surface area contributed by atoms with E-state index in [1.165, 1.54) is 23.1 Å². The molecule has 2 aromatic carbocycles. The lowest BCUT2D eigenvalue weighted by Crippen LogP contribution is -2.51. The van der Waals surface area contributed by atoms with Crippen molar-refractivity contribution in [1.29, 1.82) is 0 Å². The average Bonchev–Trinajstić information content (AvgIpc) is 2.69. The van der Waals surface area contributed by atoms with Crippen LogP contribution in [-0.2, 0) is 26.2 Å². The molecule has 0 aliphatic rings. The quantitative estimate of drug-likeness (QED) is 0.542. The van der Waals surface area contributed by atoms with Crippen molar-refractivity contribution >= 4 is 62.3 Å². The zero-order chi connectivity index (χ0) is 24.1. The Hall–Kier alpha value is -2.00. The number of hydrogen-bond acceptors (Lipinski definition) is 4. The number of anilines is 1. The van der Waals surface area contributed by atoms with Crippen LogP contribution in [0.25, 0.3) is 0 Å². The number of nitrogens with one attached hydrogen (secondary N) is 1. The fourth-order valence-electron chi connectivity index (χ4n) is 3.01. The van der Waals surface area contributed by atoms with Gasteiger partial charge in [0, 0.05) is 23.1 Å². The summed E-state index contributed by atoms with van der Waals surface area (Å²) in [6.45, 7) is 3.24. The Labute approximate surface area is 203 Å². The summed E-state index contributed by atoms with van der Waals surface area (Å²) in [5, 5.41) is 3.56. The lowest BCUT2D eigenvalue weighted by molar-refractivity contribution is -0.139. The molecule has 0 saturated carbocycles. The summed E-state index contributed by atoms with van der Waals surface area (Å²) < 4.78 is 25.9. The molecule has 7 nitrogen and oxygen atoms in total. The maximum absolute atomic E-state index is 13.3. The average molecular weight is 521 g/mol. The van der Waals surface area contributed by atoms with Crippen molar-refractivity contribution in [3.05, 3.63) is 63.1 Å². The van der Waals surface area contributed by atoms with Gasteiger partial charge in [0.05, 0.1) is 17.0 Å². The molecule has 0 bridgehead atoms. The second-order valence-electron chi connectivity index (χ2n) is 7.09. The molecule has 2 amide bonds. The van der Waals surface area contributed by atoms with Crippen LogP contribution in [0.3, 0.4) is 0 Å². The number of carbonyl (C=O) groups is 2. The Morgan fingerprint density at radius 3 is 2.28 bits per heavy atom. The number of amides is 2. The van der Waals surface area contributed by atoms with E-state index in [2.05, 4.69) is 5.32 Å². The number of halogens is 3. The van der Waals surface area contributed by atoms with E-state index in [0.717, 1.165) is 10.6 Å². The first-order valence-corrected chi connectivity index (χ1v) is 12.7. The Kier molecular flexibility index (Phi) is 9.21. The zero-order valence-corrected chi connectivity index (χ0v) is 20.9. The van der Waals surface area contributed by atoms with Crippen LogP contribution in [0.15, 0.2) is 42.5 Å². The highest BCUT2D eigenvalue weighted by Gasteiger charge is 2.30. The van der Waals surface area contributed by atoms with Gasteiger partial charge >= 0.3 is 0 Å². The number of sulfonamides is 1. The maximum Gasteiger partial charge on any atom is 0.244 e. The molecule has 11 heteroatoms. The van der Waals surface area contributed by atoms with Crippen molar-refractivity contribution in [1.82, 2.24) is 10.2 Å². The summed E-state index contributed by atoms with van der Waals surface area (Å²) in [4.78, 5) is 27.1. The summed E-state index contributed by atoms with van der Waals surface area (Å²) in [6, 6.07) is 10.3. The smallest absolute Gasteiger partial charge is 0.244 e. The number of benzene rings is 2. The number of hydrogen-bond donors (Lipinski definition) is 1. The molecule has 1 N–H and O–H groups in total. The van der Waals surface area contributed by atoms with Gasteiger partial charge in [0.2, 0.25) is 21.8 Å². The van der Waals surface area contributed by atoms with E-state index < -0.39 is 28.5 Å². The van der Waals surface area contributed by atoms with Crippen LogP contribution in [0.4, 0.5) is 5.69 Å². The van der Waals surface area contributed by atoms with Crippen LogP contribution in [0.1, 0.15) is 19.4 Å². The SMILES string of the molecule is CCNC(=O)[C@@H](C)N(Cc1cccc(Cl)c1)C(=O)CN(c1ccc(Cl)cc1Cl)S(C)(=O)=O. The first-order chi connectivity index (χ1) is 14.9. The van der Waals surface area contributed by atoms with E-state index in [-0.39, 0.29) is 23.2 Å². The molecule has 0 heterocycles. The number of carbonyl (C=O) groups excluding carboxylic acids is 2. The second-order valence-corrected chi connectivity index (χ2v) is 10.3. The van der Waals surface area contributed by atoms with E-state index in [4.69, 9.17) is 34.8 Å². The van der Waals surface area contributed by atoms with E-state index in [9.17, 15) is 18.0 Å². The molecule has 2 aromatic rings. The monoisotopic (exact) mass is 519 g/mol. The molecule has 0 fully saturated rings. The highest BCUT2D eigenvalue weighted by Crippen LogP contribution is 2.30. The maximum atomic E-state index is 13.3. The fourth-order valence-corrected chi connectivity index (χ4v) is 4.65. The van der Waals surface area contributed by atoms with E-state index in [0.29, 0.717) is 22.2 Å². The van der Waals surface area contributed by atoms with E-state index >= 15 is 0 Å². The van der Waals surface area contributed by atoms with Gasteiger partial charge in [-0.1, -0.05) is 46.9 Å². The fraction of sp³-hybridized carbons (Fsp3) is 0.333. The van der Waals surface area contributed by atoms with Gasteiger partial charge in [0.15, 0.2) is 0 Å². The van der Waals surface area contributed by atoms with Gasteiger partial charge in [-0.2, -0.15) is 0 Å². The Morgan fingerprint density at radius 2 is 1.72 bits per heavy atom. The summed E-state index contributed by atoms with van der Waals surface area (Å²) in [5.41, 5.74) is 0.803. The van der Waals surface area contributed by atoms with Crippen LogP contribution in [0, 0.1) is 0 Å². The van der Waals surface area contributed by atoms with Crippen LogP contribution < -0.4 is 9.62 Å². The van der Waals surface area contributed by atoms with Gasteiger partial charge in [-0.3, -0.25) is 13.9 Å². The minimum atomic E-state index is -3.88. The van der Waals surface area contributed by atoms with Crippen molar-refractivity contribution in [2.75, 3.05) is 23.7 Å². The van der Waals surface area contributed by atoms with Crippen LogP contribution in [0.2, 0.25) is 15.1 Å². The highest BCUT2D eigenvalue weighted by molar-refractivity contribution is 7.92. The summed E-state index contributed by atoms with van der Waals surface area (Å²) >= 11 is 18.2. The van der Waals surface area contributed by atoms with Gasteiger partial charge in [0.25, 0.3) is 0 Å². The minimum absolute atomic E-state index is 0.0592. The molecule has 2 rings (SSSR count). The van der Waals surface area contributed by atoms with Crippen LogP contribution in [0.5, 0.6) is 0 Å². The lowest BCUT2D eigenvalue weighted by Gasteiger charge is -2.31. The molecule has 1 atom stereocenters. The zero-order valence-electron chi connectivity index (χ0n) is 17.8. The molecular weight excluding hydrogens is 497 g/mol. The minimum Gasteiger partial charge on any atom is -0.355 e. The number of nitrogens with zero attached hydrogens (tertiary/aromatic N) is 2. The summed E-state index contributed by atoms with van der Waals surface area (Å²) in [5.74, 6) is -0.946. The molecule has 0 unspecified atom stereocenters. The van der Waals surface area contributed by atoms with Gasteiger partial charge < -0.3 is 10.2 Å². The topological polar surface area (TPSA) is 86.8 Å². The van der Waals surface area contributed by atoms with Crippen molar-refractivity contribution in [2.45, 2.75) is 26.4 Å². The molecule has 0 radical (unpaired) electrons. The predicted octanol–water partition coefficient (Wildman–Crippen LogP) is 3.97. The van der Waals surface area contributed by atoms with Gasteiger partial charge in [0.1, 0.15) is 12.6 Å². The van der Waals surface area contributed by atoms with Crippen LogP contribution >= 0.6 is 34.8 Å². The van der Waals surface area contributed by atoms with Crippen molar-refractivity contribution in [3.63, 3.8) is 0 Å². The number of likely N-dealkylation sites (N-methyl/N-ethyl adjacent to an activating group) is 1. The largest absolute Gasteiger partial charge is 0.355 e. The molecule has 0 spiro atoms. The summed E-state index contributed by atoms with van der Waals surface area (Å²) in [6.07, 6.45) is 0.972. The first kappa shape index (κ1) is 26.3. The molecule has 174 valence electrons. The van der Waals surface area contributed by atoms with Crippen LogP contribution in [-0.4, -0.2) is 50.5 Å². The molecule has 32 heavy (non-hydrogen) atoms. The highest BCUT2D eigenvalue weighted by atomic mass is 35.5. The molecule has 0 aliphatic heterocycles.